The molecule has 3 rings (SSSR count). The normalized spacial score (nSPS) is 16.8. The minimum atomic E-state index is -0.810. The van der Waals surface area contributed by atoms with Crippen molar-refractivity contribution in [1.82, 2.24) is 9.47 Å². The van der Waals surface area contributed by atoms with Crippen molar-refractivity contribution in [3.63, 3.8) is 0 Å². The van der Waals surface area contributed by atoms with Crippen LogP contribution in [0.4, 0.5) is 0 Å². The molecule has 1 aliphatic rings. The summed E-state index contributed by atoms with van der Waals surface area (Å²) in [4.78, 5) is 40.8. The molecule has 1 unspecified atom stereocenters. The number of carbonyl (C=O) groups excluding carboxylic acids is 2. The van der Waals surface area contributed by atoms with E-state index in [0.29, 0.717) is 26.0 Å². The Bertz CT molecular complexity index is 1050. The number of likely N-dealkylation sites (N-methyl/N-ethyl adjacent to an activating group) is 1. The first-order valence-electron chi connectivity index (χ1n) is 11.4. The van der Waals surface area contributed by atoms with Crippen LogP contribution in [0, 0.1) is 0 Å². The van der Waals surface area contributed by atoms with Crippen LogP contribution in [-0.4, -0.2) is 68.7 Å². The third-order valence-electron chi connectivity index (χ3n) is 5.86. The first-order chi connectivity index (χ1) is 16.4. The number of pyridine rings is 1. The predicted octanol–water partition coefficient (Wildman–Crippen LogP) is 2.67. The van der Waals surface area contributed by atoms with Crippen LogP contribution in [0.2, 0.25) is 0 Å². The summed E-state index contributed by atoms with van der Waals surface area (Å²) in [6, 6.07) is 9.26. The SMILES string of the molecule is CCCCOc1c(C(=O)OC)n([C@@H](Cc2ccccc2)C2OCCN2C)cc(C(=O)OC)c1=O. The Balaban J connectivity index is 2.26. The quantitative estimate of drug-likeness (QED) is 0.385. The van der Waals surface area contributed by atoms with E-state index in [1.165, 1.54) is 20.4 Å². The maximum absolute atomic E-state index is 13.2. The molecule has 1 aromatic carbocycles. The van der Waals surface area contributed by atoms with Crippen LogP contribution in [0.3, 0.4) is 0 Å². The standard InChI is InChI=1S/C25H32N2O7/c1-5-6-13-33-22-20(25(30)32-4)27(16-18(21(22)28)24(29)31-3)19(23-26(2)12-14-34-23)15-17-10-8-7-9-11-17/h7-11,16,19,23H,5-6,12-15H2,1-4H3/t19-,23?/m0/s1. The molecule has 0 bridgehead atoms. The van der Waals surface area contributed by atoms with Crippen LogP contribution < -0.4 is 10.2 Å². The molecule has 2 heterocycles. The molecule has 0 radical (unpaired) electrons. The van der Waals surface area contributed by atoms with Crippen molar-refractivity contribution in [2.75, 3.05) is 41.0 Å². The average Bonchev–Trinajstić information content (AvgIpc) is 3.28. The number of hydrogen-bond donors (Lipinski definition) is 0. The van der Waals surface area contributed by atoms with Crippen molar-refractivity contribution in [3.05, 3.63) is 63.6 Å². The number of ether oxygens (including phenoxy) is 4. The second-order valence-corrected chi connectivity index (χ2v) is 8.14. The molecular weight excluding hydrogens is 440 g/mol. The molecular formula is C25H32N2O7. The fraction of sp³-hybridized carbons (Fsp3) is 0.480. The molecule has 0 amide bonds. The van der Waals surface area contributed by atoms with Crippen LogP contribution in [-0.2, 0) is 20.6 Å². The van der Waals surface area contributed by atoms with E-state index in [2.05, 4.69) is 0 Å². The lowest BCUT2D eigenvalue weighted by Crippen LogP contribution is -2.39. The van der Waals surface area contributed by atoms with Gasteiger partial charge in [0.15, 0.2) is 11.4 Å². The molecule has 1 aliphatic heterocycles. The van der Waals surface area contributed by atoms with Gasteiger partial charge in [-0.3, -0.25) is 9.69 Å². The van der Waals surface area contributed by atoms with Gasteiger partial charge in [0.05, 0.1) is 33.5 Å². The fourth-order valence-corrected chi connectivity index (χ4v) is 4.04. The number of aromatic nitrogens is 1. The van der Waals surface area contributed by atoms with Crippen LogP contribution >= 0.6 is 0 Å². The van der Waals surface area contributed by atoms with E-state index < -0.39 is 29.6 Å². The summed E-state index contributed by atoms with van der Waals surface area (Å²) in [6.07, 6.45) is 2.91. The minimum absolute atomic E-state index is 0.0545. The van der Waals surface area contributed by atoms with E-state index in [4.69, 9.17) is 18.9 Å². The summed E-state index contributed by atoms with van der Waals surface area (Å²) in [5, 5.41) is 0. The number of methoxy groups -OCH3 is 2. The smallest absolute Gasteiger partial charge is 0.358 e. The number of benzene rings is 1. The first-order valence-corrected chi connectivity index (χ1v) is 11.4. The van der Waals surface area contributed by atoms with E-state index in [-0.39, 0.29) is 23.6 Å². The molecule has 0 spiro atoms. The second-order valence-electron chi connectivity index (χ2n) is 8.14. The summed E-state index contributed by atoms with van der Waals surface area (Å²) >= 11 is 0. The van der Waals surface area contributed by atoms with Crippen molar-refractivity contribution < 1.29 is 28.5 Å². The molecule has 2 atom stereocenters. The van der Waals surface area contributed by atoms with Gasteiger partial charge in [0.2, 0.25) is 5.43 Å². The van der Waals surface area contributed by atoms with E-state index >= 15 is 0 Å². The van der Waals surface area contributed by atoms with Crippen molar-refractivity contribution in [1.29, 1.82) is 0 Å². The lowest BCUT2D eigenvalue weighted by atomic mass is 10.0. The molecule has 0 N–H and O–H groups in total. The maximum Gasteiger partial charge on any atom is 0.358 e. The summed E-state index contributed by atoms with van der Waals surface area (Å²) in [5.41, 5.74) is 0.0131. The number of carbonyl (C=O) groups is 2. The van der Waals surface area contributed by atoms with Gasteiger partial charge in [0.1, 0.15) is 11.8 Å². The zero-order chi connectivity index (χ0) is 24.7. The Kier molecular flexibility index (Phi) is 8.84. The number of unbranched alkanes of at least 4 members (excludes halogenated alkanes) is 1. The van der Waals surface area contributed by atoms with Gasteiger partial charge in [-0.1, -0.05) is 43.7 Å². The zero-order valence-electron chi connectivity index (χ0n) is 20.1. The average molecular weight is 473 g/mol. The molecule has 1 aromatic heterocycles. The van der Waals surface area contributed by atoms with E-state index in [1.54, 1.807) is 4.57 Å². The van der Waals surface area contributed by atoms with Gasteiger partial charge in [0.25, 0.3) is 0 Å². The molecule has 0 aliphatic carbocycles. The molecule has 1 fully saturated rings. The highest BCUT2D eigenvalue weighted by molar-refractivity contribution is 5.94. The van der Waals surface area contributed by atoms with E-state index in [1.807, 2.05) is 49.2 Å². The van der Waals surface area contributed by atoms with Crippen molar-refractivity contribution in [3.8, 4) is 5.75 Å². The van der Waals surface area contributed by atoms with Crippen LogP contribution in [0.1, 0.15) is 52.2 Å². The summed E-state index contributed by atoms with van der Waals surface area (Å²) in [7, 11) is 4.37. The van der Waals surface area contributed by atoms with Crippen molar-refractivity contribution >= 4 is 11.9 Å². The molecule has 184 valence electrons. The molecule has 2 aromatic rings. The summed E-state index contributed by atoms with van der Waals surface area (Å²) < 4.78 is 23.3. The van der Waals surface area contributed by atoms with E-state index in [0.717, 1.165) is 12.0 Å². The minimum Gasteiger partial charge on any atom is -0.487 e. The Morgan fingerprint density at radius 3 is 2.44 bits per heavy atom. The molecule has 1 saturated heterocycles. The van der Waals surface area contributed by atoms with Crippen molar-refractivity contribution in [2.45, 2.75) is 38.5 Å². The van der Waals surface area contributed by atoms with Crippen molar-refractivity contribution in [2.24, 2.45) is 0 Å². The van der Waals surface area contributed by atoms with Gasteiger partial charge >= 0.3 is 11.9 Å². The lowest BCUT2D eigenvalue weighted by Gasteiger charge is -2.32. The highest BCUT2D eigenvalue weighted by atomic mass is 16.5. The Hall–Kier alpha value is -3.17. The van der Waals surface area contributed by atoms with Gasteiger partial charge in [-0.05, 0) is 25.5 Å². The zero-order valence-corrected chi connectivity index (χ0v) is 20.1. The topological polar surface area (TPSA) is 96.3 Å². The monoisotopic (exact) mass is 472 g/mol. The number of hydrogen-bond acceptors (Lipinski definition) is 8. The first kappa shape index (κ1) is 25.5. The lowest BCUT2D eigenvalue weighted by molar-refractivity contribution is 0.000305. The molecule has 0 saturated carbocycles. The van der Waals surface area contributed by atoms with E-state index in [9.17, 15) is 14.4 Å². The van der Waals surface area contributed by atoms with Crippen LogP contribution in [0.15, 0.2) is 41.3 Å². The van der Waals surface area contributed by atoms with Gasteiger partial charge in [0, 0.05) is 12.7 Å². The number of rotatable bonds is 10. The Morgan fingerprint density at radius 1 is 1.15 bits per heavy atom. The van der Waals surface area contributed by atoms with Gasteiger partial charge in [-0.15, -0.1) is 0 Å². The predicted molar refractivity (Wildman–Crippen MR) is 125 cm³/mol. The fourth-order valence-electron chi connectivity index (χ4n) is 4.04. The maximum atomic E-state index is 13.2. The van der Waals surface area contributed by atoms with Crippen LogP contribution in [0.25, 0.3) is 0 Å². The Labute approximate surface area is 199 Å². The number of nitrogens with zero attached hydrogens (tertiary/aromatic N) is 2. The number of esters is 2. The largest absolute Gasteiger partial charge is 0.487 e. The van der Waals surface area contributed by atoms with Gasteiger partial charge in [-0.25, -0.2) is 9.59 Å². The Morgan fingerprint density at radius 2 is 1.85 bits per heavy atom. The third-order valence-corrected chi connectivity index (χ3v) is 5.86. The molecule has 34 heavy (non-hydrogen) atoms. The highest BCUT2D eigenvalue weighted by Crippen LogP contribution is 2.30. The molecule has 9 nitrogen and oxygen atoms in total. The summed E-state index contributed by atoms with van der Waals surface area (Å²) in [6.45, 7) is 3.41. The molecule has 9 heteroatoms. The van der Waals surface area contributed by atoms with Crippen LogP contribution in [0.5, 0.6) is 5.75 Å². The summed E-state index contributed by atoms with van der Waals surface area (Å²) in [5.74, 6) is -1.77. The highest BCUT2D eigenvalue weighted by Gasteiger charge is 2.36. The van der Waals surface area contributed by atoms with Gasteiger partial charge < -0.3 is 23.5 Å². The van der Waals surface area contributed by atoms with Gasteiger partial charge in [-0.2, -0.15) is 0 Å². The second kappa shape index (κ2) is 11.8. The third kappa shape index (κ3) is 5.48.